The van der Waals surface area contributed by atoms with E-state index in [1.807, 2.05) is 18.2 Å². The molecule has 1 atom stereocenters. The van der Waals surface area contributed by atoms with E-state index in [-0.39, 0.29) is 35.0 Å². The Kier molecular flexibility index (Phi) is 7.77. The average Bonchev–Trinajstić information content (AvgIpc) is 3.20. The first kappa shape index (κ1) is 24.9. The Morgan fingerprint density at radius 3 is 2.41 bits per heavy atom. The van der Waals surface area contributed by atoms with Crippen molar-refractivity contribution in [2.45, 2.75) is 62.9 Å². The molecule has 1 aliphatic carbocycles. The van der Waals surface area contributed by atoms with Gasteiger partial charge in [-0.1, -0.05) is 61.2 Å². The number of aromatic nitrogens is 1. The van der Waals surface area contributed by atoms with Gasteiger partial charge in [-0.25, -0.2) is 0 Å². The van der Waals surface area contributed by atoms with Crippen molar-refractivity contribution in [3.05, 3.63) is 48.2 Å². The van der Waals surface area contributed by atoms with E-state index in [9.17, 15) is 9.59 Å². The molecule has 0 radical (unpaired) electrons. The fraction of sp³-hybridized carbons (Fsp3) is 0.577. The van der Waals surface area contributed by atoms with Crippen LogP contribution in [-0.2, 0) is 19.7 Å². The summed E-state index contributed by atoms with van der Waals surface area (Å²) in [5.74, 6) is 0.704. The summed E-state index contributed by atoms with van der Waals surface area (Å²) in [5.41, 5.74) is 0.549. The summed E-state index contributed by atoms with van der Waals surface area (Å²) >= 11 is 0. The van der Waals surface area contributed by atoms with Crippen LogP contribution in [0.2, 0.25) is 0 Å². The van der Waals surface area contributed by atoms with Crippen molar-refractivity contribution in [1.29, 1.82) is 0 Å². The largest absolute Gasteiger partial charge is 1.00 e. The molecule has 2 bridgehead atoms. The molecule has 1 unspecified atom stereocenters. The minimum atomic E-state index is -0.543. The van der Waals surface area contributed by atoms with Crippen molar-refractivity contribution in [2.24, 2.45) is 5.92 Å². The van der Waals surface area contributed by atoms with Crippen molar-refractivity contribution in [3.63, 3.8) is 0 Å². The Bertz CT molecular complexity index is 950. The molecule has 1 saturated carbocycles. The number of carbonyl (C=O) groups excluding carboxylic acids is 2. The monoisotopic (exact) mass is 531 g/mol. The Morgan fingerprint density at radius 1 is 1.06 bits per heavy atom. The molecule has 7 nitrogen and oxygen atoms in total. The van der Waals surface area contributed by atoms with E-state index in [2.05, 4.69) is 22.6 Å². The molecular weight excluding hydrogens is 498 g/mol. The van der Waals surface area contributed by atoms with Crippen LogP contribution in [-0.4, -0.2) is 53.8 Å². The number of fused-ring (bicyclic) bond motifs is 3. The first-order valence-electron chi connectivity index (χ1n) is 12.4. The van der Waals surface area contributed by atoms with E-state index < -0.39 is 5.41 Å². The summed E-state index contributed by atoms with van der Waals surface area (Å²) in [4.78, 5) is 26.5. The van der Waals surface area contributed by atoms with Crippen molar-refractivity contribution < 1.29 is 40.3 Å². The summed E-state index contributed by atoms with van der Waals surface area (Å²) in [6.45, 7) is 2.99. The smallest absolute Gasteiger partial charge is 0.317 e. The molecule has 3 saturated heterocycles. The number of benzene rings is 1. The molecule has 1 N–H and O–H groups in total. The molecule has 184 valence electrons. The number of nitrogens with zero attached hydrogens (tertiary/aromatic N) is 2. The Balaban J connectivity index is 0.00000274. The molecule has 3 aliphatic heterocycles. The van der Waals surface area contributed by atoms with E-state index in [0.29, 0.717) is 29.3 Å². The van der Waals surface area contributed by atoms with Gasteiger partial charge in [0.15, 0.2) is 18.5 Å². The van der Waals surface area contributed by atoms with Crippen LogP contribution < -0.4 is 22.3 Å². The standard InChI is InChI=1S/C26H33N3O4.BrH/c30-24(27-23-12-17-32-28-23)19-29-15-10-20(11-16-29)22(18-29)33-25(31)26(13-6-1-2-7-14-26)21-8-4-3-5-9-21;/h3-5,8-9,12,17,20,22H,1-2,6-7,10-11,13-16,18-19H2;1H. The minimum absolute atomic E-state index is 0. The highest BCUT2D eigenvalue weighted by Gasteiger charge is 2.51. The first-order chi connectivity index (χ1) is 16.1. The molecular formula is C26H34BrN3O4. The molecule has 6 rings (SSSR count). The second kappa shape index (κ2) is 10.6. The number of rotatable bonds is 6. The van der Waals surface area contributed by atoms with Gasteiger partial charge in [-0.05, 0) is 18.4 Å². The third-order valence-corrected chi connectivity index (χ3v) is 8.16. The van der Waals surface area contributed by atoms with Gasteiger partial charge < -0.3 is 36.0 Å². The highest BCUT2D eigenvalue weighted by molar-refractivity contribution is 5.90. The fourth-order valence-electron chi connectivity index (χ4n) is 6.29. The van der Waals surface area contributed by atoms with E-state index in [1.54, 1.807) is 6.07 Å². The first-order valence-corrected chi connectivity index (χ1v) is 12.4. The lowest BCUT2D eigenvalue weighted by Crippen LogP contribution is -3.00. The van der Waals surface area contributed by atoms with Crippen LogP contribution in [0, 0.1) is 5.92 Å². The van der Waals surface area contributed by atoms with Crippen LogP contribution in [0.15, 0.2) is 47.2 Å². The van der Waals surface area contributed by atoms with Gasteiger partial charge in [-0.15, -0.1) is 0 Å². The number of quaternary nitrogens is 1. The number of esters is 1. The summed E-state index contributed by atoms with van der Waals surface area (Å²) in [5, 5.41) is 6.59. The van der Waals surface area contributed by atoms with Gasteiger partial charge in [0.25, 0.3) is 5.91 Å². The second-order valence-electron chi connectivity index (χ2n) is 10.2. The topological polar surface area (TPSA) is 81.4 Å². The molecule has 1 amide bonds. The number of hydrogen-bond donors (Lipinski definition) is 1. The van der Waals surface area contributed by atoms with E-state index >= 15 is 0 Å². The molecule has 34 heavy (non-hydrogen) atoms. The van der Waals surface area contributed by atoms with Crippen LogP contribution in [0.25, 0.3) is 0 Å². The van der Waals surface area contributed by atoms with Gasteiger partial charge in [-0.2, -0.15) is 0 Å². The zero-order chi connectivity index (χ0) is 22.7. The number of carbonyl (C=O) groups is 2. The van der Waals surface area contributed by atoms with Crippen molar-refractivity contribution in [1.82, 2.24) is 5.16 Å². The second-order valence-corrected chi connectivity index (χ2v) is 10.2. The number of piperidine rings is 3. The molecule has 4 fully saturated rings. The lowest BCUT2D eigenvalue weighted by molar-refractivity contribution is -0.939. The summed E-state index contributed by atoms with van der Waals surface area (Å²) in [7, 11) is 0. The average molecular weight is 532 g/mol. The number of amides is 1. The molecule has 1 aromatic carbocycles. The molecule has 2 aromatic rings. The van der Waals surface area contributed by atoms with E-state index in [4.69, 9.17) is 9.26 Å². The van der Waals surface area contributed by atoms with Gasteiger partial charge >= 0.3 is 5.97 Å². The molecule has 8 heteroatoms. The van der Waals surface area contributed by atoms with Crippen LogP contribution in [0.1, 0.15) is 56.9 Å². The van der Waals surface area contributed by atoms with Crippen molar-refractivity contribution in [2.75, 3.05) is 31.5 Å². The van der Waals surface area contributed by atoms with Gasteiger partial charge in [0.1, 0.15) is 12.8 Å². The van der Waals surface area contributed by atoms with E-state index in [0.717, 1.165) is 57.2 Å². The fourth-order valence-corrected chi connectivity index (χ4v) is 6.29. The third kappa shape index (κ3) is 5.08. The molecule has 4 aliphatic rings. The van der Waals surface area contributed by atoms with Crippen LogP contribution in [0.4, 0.5) is 5.82 Å². The van der Waals surface area contributed by atoms with Crippen molar-refractivity contribution >= 4 is 17.7 Å². The molecule has 0 spiro atoms. The van der Waals surface area contributed by atoms with Gasteiger partial charge in [-0.3, -0.25) is 9.59 Å². The van der Waals surface area contributed by atoms with Gasteiger partial charge in [0.05, 0.1) is 18.5 Å². The Hall–Kier alpha value is -2.19. The maximum absolute atomic E-state index is 13.8. The summed E-state index contributed by atoms with van der Waals surface area (Å²) in [6.07, 6.45) is 9.48. The minimum Gasteiger partial charge on any atom is -1.00 e. The van der Waals surface area contributed by atoms with Crippen LogP contribution in [0.3, 0.4) is 0 Å². The lowest BCUT2D eigenvalue weighted by atomic mass is 9.74. The third-order valence-electron chi connectivity index (χ3n) is 8.16. The number of ether oxygens (including phenoxy) is 1. The Labute approximate surface area is 211 Å². The highest BCUT2D eigenvalue weighted by atomic mass is 79.9. The number of hydrogen-bond acceptors (Lipinski definition) is 5. The van der Waals surface area contributed by atoms with Crippen molar-refractivity contribution in [3.8, 4) is 0 Å². The molecule has 1 aromatic heterocycles. The van der Waals surface area contributed by atoms with Crippen LogP contribution in [0.5, 0.6) is 0 Å². The maximum Gasteiger partial charge on any atom is 0.317 e. The zero-order valence-corrected chi connectivity index (χ0v) is 21.2. The number of anilines is 1. The van der Waals surface area contributed by atoms with E-state index in [1.165, 1.54) is 19.1 Å². The summed E-state index contributed by atoms with van der Waals surface area (Å²) < 4.78 is 11.9. The molecule has 4 heterocycles. The number of halogens is 1. The SMILES string of the molecule is O=C(C[N+]12CCC(CC1)C(OC(=O)C1(c3ccccc3)CCCCCC1)C2)Nc1ccon1.[Br-]. The Morgan fingerprint density at radius 2 is 1.76 bits per heavy atom. The van der Waals surface area contributed by atoms with Gasteiger partial charge in [0, 0.05) is 24.8 Å². The predicted octanol–water partition coefficient (Wildman–Crippen LogP) is 1.06. The zero-order valence-electron chi connectivity index (χ0n) is 19.6. The highest BCUT2D eigenvalue weighted by Crippen LogP contribution is 2.42. The quantitative estimate of drug-likeness (QED) is 0.342. The lowest BCUT2D eigenvalue weighted by Gasteiger charge is -2.52. The van der Waals surface area contributed by atoms with Gasteiger partial charge in [0.2, 0.25) is 0 Å². The number of nitrogens with one attached hydrogen (secondary N) is 1. The predicted molar refractivity (Wildman–Crippen MR) is 123 cm³/mol. The maximum atomic E-state index is 13.8. The normalized spacial score (nSPS) is 27.8. The van der Waals surface area contributed by atoms with Crippen LogP contribution >= 0.6 is 0 Å². The summed E-state index contributed by atoms with van der Waals surface area (Å²) in [6, 6.07) is 11.9.